The summed E-state index contributed by atoms with van der Waals surface area (Å²) in [6.07, 6.45) is 4.86. The van der Waals surface area contributed by atoms with Gasteiger partial charge in [0.1, 0.15) is 0 Å². The summed E-state index contributed by atoms with van der Waals surface area (Å²) in [5.41, 5.74) is 2.31. The molecule has 2 aliphatic heterocycles. The minimum Gasteiger partial charge on any atom is -0.343 e. The van der Waals surface area contributed by atoms with Gasteiger partial charge >= 0.3 is 0 Å². The number of thiazole rings is 1. The number of rotatable bonds is 5. The summed E-state index contributed by atoms with van der Waals surface area (Å²) < 4.78 is 0. The van der Waals surface area contributed by atoms with Crippen molar-refractivity contribution in [1.29, 1.82) is 0 Å². The Morgan fingerprint density at radius 1 is 1.14 bits per heavy atom. The van der Waals surface area contributed by atoms with Gasteiger partial charge in [-0.05, 0) is 38.2 Å². The maximum absolute atomic E-state index is 12.8. The van der Waals surface area contributed by atoms with Crippen LogP contribution in [-0.4, -0.2) is 52.8 Å². The summed E-state index contributed by atoms with van der Waals surface area (Å²) in [6.45, 7) is 4.87. The van der Waals surface area contributed by atoms with E-state index in [0.717, 1.165) is 56.0 Å². The van der Waals surface area contributed by atoms with Crippen molar-refractivity contribution < 1.29 is 9.59 Å². The average Bonchev–Trinajstić information content (AvgIpc) is 3.20. The van der Waals surface area contributed by atoms with Gasteiger partial charge in [-0.2, -0.15) is 0 Å². The molecule has 5 nitrogen and oxygen atoms in total. The SMILES string of the molecule is Cc1nc(C2(c3ccccc3)CCN(C(=O)CCN3CCCCC3=O)CC2)cs1. The van der Waals surface area contributed by atoms with Crippen molar-refractivity contribution in [2.75, 3.05) is 26.2 Å². The Bertz CT molecular complexity index is 856. The van der Waals surface area contributed by atoms with Crippen molar-refractivity contribution in [2.45, 2.75) is 50.9 Å². The predicted molar refractivity (Wildman–Crippen MR) is 115 cm³/mol. The highest BCUT2D eigenvalue weighted by atomic mass is 32.1. The molecule has 2 saturated heterocycles. The number of benzene rings is 1. The van der Waals surface area contributed by atoms with Crippen LogP contribution < -0.4 is 0 Å². The summed E-state index contributed by atoms with van der Waals surface area (Å²) in [6, 6.07) is 10.6. The lowest BCUT2D eigenvalue weighted by Crippen LogP contribution is -2.47. The minimum absolute atomic E-state index is 0.119. The molecule has 2 fully saturated rings. The van der Waals surface area contributed by atoms with Crippen LogP contribution in [-0.2, 0) is 15.0 Å². The number of nitrogens with zero attached hydrogens (tertiary/aromatic N) is 3. The quantitative estimate of drug-likeness (QED) is 0.753. The van der Waals surface area contributed by atoms with E-state index in [0.29, 0.717) is 19.4 Å². The Kier molecular flexibility index (Phi) is 5.99. The second kappa shape index (κ2) is 8.66. The monoisotopic (exact) mass is 411 g/mol. The summed E-state index contributed by atoms with van der Waals surface area (Å²) in [4.78, 5) is 33.5. The lowest BCUT2D eigenvalue weighted by Gasteiger charge is -2.41. The van der Waals surface area contributed by atoms with E-state index >= 15 is 0 Å². The Hall–Kier alpha value is -2.21. The summed E-state index contributed by atoms with van der Waals surface area (Å²) in [5, 5.41) is 3.27. The Morgan fingerprint density at radius 2 is 1.90 bits per heavy atom. The fourth-order valence-electron chi connectivity index (χ4n) is 4.66. The molecule has 0 N–H and O–H groups in total. The van der Waals surface area contributed by atoms with Crippen LogP contribution in [0.15, 0.2) is 35.7 Å². The van der Waals surface area contributed by atoms with Crippen LogP contribution in [0.5, 0.6) is 0 Å². The molecule has 154 valence electrons. The maximum Gasteiger partial charge on any atom is 0.224 e. The Balaban J connectivity index is 1.43. The molecule has 0 atom stereocenters. The van der Waals surface area contributed by atoms with Crippen molar-refractivity contribution in [3.8, 4) is 0 Å². The minimum atomic E-state index is -0.119. The van der Waals surface area contributed by atoms with Crippen LogP contribution in [0.3, 0.4) is 0 Å². The number of piperidine rings is 2. The van der Waals surface area contributed by atoms with Crippen molar-refractivity contribution in [1.82, 2.24) is 14.8 Å². The molecule has 6 heteroatoms. The van der Waals surface area contributed by atoms with E-state index in [4.69, 9.17) is 4.98 Å². The Labute approximate surface area is 176 Å². The molecule has 1 aromatic heterocycles. The smallest absolute Gasteiger partial charge is 0.224 e. The van der Waals surface area contributed by atoms with Crippen molar-refractivity contribution >= 4 is 23.2 Å². The van der Waals surface area contributed by atoms with Gasteiger partial charge in [-0.15, -0.1) is 11.3 Å². The zero-order chi connectivity index (χ0) is 20.3. The third-order valence-corrected chi connectivity index (χ3v) is 7.20. The van der Waals surface area contributed by atoms with Crippen LogP contribution >= 0.6 is 11.3 Å². The van der Waals surface area contributed by atoms with Crippen molar-refractivity contribution in [3.05, 3.63) is 52.0 Å². The number of carbonyl (C=O) groups excluding carboxylic acids is 2. The van der Waals surface area contributed by atoms with E-state index < -0.39 is 0 Å². The van der Waals surface area contributed by atoms with Crippen LogP contribution in [0.4, 0.5) is 0 Å². The van der Waals surface area contributed by atoms with Gasteiger partial charge in [0.2, 0.25) is 11.8 Å². The molecule has 0 bridgehead atoms. The summed E-state index contributed by atoms with van der Waals surface area (Å²) >= 11 is 1.69. The first-order valence-electron chi connectivity index (χ1n) is 10.6. The highest BCUT2D eigenvalue weighted by molar-refractivity contribution is 7.09. The molecular formula is C23H29N3O2S. The predicted octanol–water partition coefficient (Wildman–Crippen LogP) is 3.76. The number of carbonyl (C=O) groups is 2. The molecular weight excluding hydrogens is 382 g/mol. The van der Waals surface area contributed by atoms with Gasteiger partial charge in [0.15, 0.2) is 0 Å². The lowest BCUT2D eigenvalue weighted by molar-refractivity contribution is -0.136. The molecule has 0 saturated carbocycles. The second-order valence-corrected chi connectivity index (χ2v) is 9.23. The molecule has 3 heterocycles. The average molecular weight is 412 g/mol. The fourth-order valence-corrected chi connectivity index (χ4v) is 5.37. The first kappa shape index (κ1) is 20.1. The number of hydrogen-bond donors (Lipinski definition) is 0. The molecule has 0 spiro atoms. The van der Waals surface area contributed by atoms with Gasteiger partial charge in [-0.1, -0.05) is 30.3 Å². The highest BCUT2D eigenvalue weighted by Crippen LogP contribution is 2.42. The van der Waals surface area contributed by atoms with Gasteiger partial charge in [0.25, 0.3) is 0 Å². The fraction of sp³-hybridized carbons (Fsp3) is 0.522. The van der Waals surface area contributed by atoms with Crippen LogP contribution in [0.1, 0.15) is 54.8 Å². The third kappa shape index (κ3) is 4.22. The van der Waals surface area contributed by atoms with E-state index in [1.54, 1.807) is 11.3 Å². The number of likely N-dealkylation sites (tertiary alicyclic amines) is 2. The van der Waals surface area contributed by atoms with E-state index in [2.05, 4.69) is 29.6 Å². The largest absolute Gasteiger partial charge is 0.343 e. The third-order valence-electron chi connectivity index (χ3n) is 6.42. The first-order chi connectivity index (χ1) is 14.1. The maximum atomic E-state index is 12.8. The molecule has 0 aliphatic carbocycles. The summed E-state index contributed by atoms with van der Waals surface area (Å²) in [7, 11) is 0. The van der Waals surface area contributed by atoms with Crippen LogP contribution in [0.2, 0.25) is 0 Å². The molecule has 1 aromatic carbocycles. The topological polar surface area (TPSA) is 53.5 Å². The van der Waals surface area contributed by atoms with Gasteiger partial charge < -0.3 is 9.80 Å². The Morgan fingerprint density at radius 3 is 2.55 bits per heavy atom. The van der Waals surface area contributed by atoms with Crippen molar-refractivity contribution in [2.24, 2.45) is 0 Å². The molecule has 2 aliphatic rings. The number of amides is 2. The van der Waals surface area contributed by atoms with E-state index in [1.165, 1.54) is 5.56 Å². The van der Waals surface area contributed by atoms with Gasteiger partial charge in [-0.25, -0.2) is 4.98 Å². The second-order valence-electron chi connectivity index (χ2n) is 8.17. The van der Waals surface area contributed by atoms with Crippen LogP contribution in [0.25, 0.3) is 0 Å². The standard InChI is InChI=1S/C23H29N3O2S/c1-18-24-20(17-29-18)23(19-7-3-2-4-8-19)11-15-26(16-12-23)22(28)10-14-25-13-6-5-9-21(25)27/h2-4,7-8,17H,5-6,9-16H2,1H3. The molecule has 4 rings (SSSR count). The first-order valence-corrected chi connectivity index (χ1v) is 11.5. The van der Waals surface area contributed by atoms with E-state index in [1.807, 2.05) is 22.8 Å². The molecule has 2 amide bonds. The normalized spacial score (nSPS) is 19.4. The van der Waals surface area contributed by atoms with Gasteiger partial charge in [0, 0.05) is 49.8 Å². The summed E-state index contributed by atoms with van der Waals surface area (Å²) in [5.74, 6) is 0.365. The van der Waals surface area contributed by atoms with Crippen molar-refractivity contribution in [3.63, 3.8) is 0 Å². The zero-order valence-electron chi connectivity index (χ0n) is 17.1. The number of aromatic nitrogens is 1. The molecule has 2 aromatic rings. The zero-order valence-corrected chi connectivity index (χ0v) is 17.9. The van der Waals surface area contributed by atoms with E-state index in [-0.39, 0.29) is 17.2 Å². The highest BCUT2D eigenvalue weighted by Gasteiger charge is 2.40. The molecule has 0 unspecified atom stereocenters. The molecule has 0 radical (unpaired) electrons. The molecule has 29 heavy (non-hydrogen) atoms. The number of aryl methyl sites for hydroxylation is 1. The van der Waals surface area contributed by atoms with E-state index in [9.17, 15) is 9.59 Å². The van der Waals surface area contributed by atoms with Gasteiger partial charge in [0.05, 0.1) is 10.7 Å². The van der Waals surface area contributed by atoms with Crippen LogP contribution in [0, 0.1) is 6.92 Å². The lowest BCUT2D eigenvalue weighted by atomic mass is 9.70. The number of hydrogen-bond acceptors (Lipinski definition) is 4. The van der Waals surface area contributed by atoms with Gasteiger partial charge in [-0.3, -0.25) is 9.59 Å².